The van der Waals surface area contributed by atoms with Crippen LogP contribution in [-0.2, 0) is 16.6 Å². The second kappa shape index (κ2) is 5.37. The van der Waals surface area contributed by atoms with E-state index in [1.165, 1.54) is 12.8 Å². The highest BCUT2D eigenvalue weighted by Crippen LogP contribution is 2.09. The molecule has 2 atom stereocenters. The van der Waals surface area contributed by atoms with Crippen LogP contribution < -0.4 is 5.32 Å². The van der Waals surface area contributed by atoms with Crippen LogP contribution in [0.5, 0.6) is 0 Å². The molecule has 0 radical (unpaired) electrons. The van der Waals surface area contributed by atoms with E-state index in [0.29, 0.717) is 11.8 Å². The molecule has 0 amide bonds. The van der Waals surface area contributed by atoms with Gasteiger partial charge in [0, 0.05) is 40.7 Å². The van der Waals surface area contributed by atoms with Gasteiger partial charge < -0.3 is 5.32 Å². The minimum atomic E-state index is -0.751. The monoisotopic (exact) mass is 224 g/mol. The van der Waals surface area contributed by atoms with Gasteiger partial charge in [0.25, 0.3) is 0 Å². The van der Waals surface area contributed by atoms with Gasteiger partial charge in [-0.3, -0.25) is 9.19 Å². The zero-order chi connectivity index (χ0) is 10.5. The topological polar surface area (TPSA) is 42.0 Å². The van der Waals surface area contributed by atoms with Gasteiger partial charge in [-0.1, -0.05) is 0 Å². The van der Waals surface area contributed by atoms with Crippen molar-refractivity contribution < 1.29 is 4.21 Å². The second-order valence-electron chi connectivity index (χ2n) is 3.90. The van der Waals surface area contributed by atoms with Gasteiger partial charge in [-0.05, 0) is 37.1 Å². The highest BCUT2D eigenvalue weighted by Gasteiger charge is 2.16. The first-order valence-electron chi connectivity index (χ1n) is 5.32. The van der Waals surface area contributed by atoms with E-state index in [1.54, 1.807) is 12.4 Å². The van der Waals surface area contributed by atoms with Crippen molar-refractivity contribution in [3.8, 4) is 0 Å². The molecule has 4 heteroatoms. The molecule has 0 bridgehead atoms. The third-order valence-electron chi connectivity index (χ3n) is 2.63. The standard InChI is InChI=1S/C11H16N2OS/c14-15(9-11-2-1-5-13-11)8-10-3-6-12-7-4-10/h3-4,6-7,11,13H,1-2,5,8-9H2/t11-,15+/m1/s1. The van der Waals surface area contributed by atoms with E-state index in [4.69, 9.17) is 0 Å². The number of hydrogen-bond acceptors (Lipinski definition) is 3. The van der Waals surface area contributed by atoms with Crippen molar-refractivity contribution in [1.82, 2.24) is 10.3 Å². The Morgan fingerprint density at radius 2 is 2.27 bits per heavy atom. The summed E-state index contributed by atoms with van der Waals surface area (Å²) in [5.41, 5.74) is 1.11. The van der Waals surface area contributed by atoms with Crippen molar-refractivity contribution in [3.63, 3.8) is 0 Å². The van der Waals surface area contributed by atoms with Gasteiger partial charge in [0.1, 0.15) is 0 Å². The average molecular weight is 224 g/mol. The lowest BCUT2D eigenvalue weighted by atomic mass is 10.3. The zero-order valence-electron chi connectivity index (χ0n) is 8.69. The Kier molecular flexibility index (Phi) is 3.86. The molecule has 0 aliphatic carbocycles. The molecule has 0 unspecified atom stereocenters. The van der Waals surface area contributed by atoms with Crippen LogP contribution in [0.1, 0.15) is 18.4 Å². The van der Waals surface area contributed by atoms with E-state index in [9.17, 15) is 4.21 Å². The molecule has 1 aromatic heterocycles. The third-order valence-corrected chi connectivity index (χ3v) is 4.06. The van der Waals surface area contributed by atoms with Gasteiger partial charge in [-0.2, -0.15) is 0 Å². The molecule has 1 aliphatic rings. The molecule has 0 spiro atoms. The first-order valence-corrected chi connectivity index (χ1v) is 6.80. The Bertz CT molecular complexity index is 323. The molecule has 3 nitrogen and oxygen atoms in total. The van der Waals surface area contributed by atoms with Gasteiger partial charge in [0.2, 0.25) is 0 Å². The molecule has 1 saturated heterocycles. The fraction of sp³-hybridized carbons (Fsp3) is 0.545. The van der Waals surface area contributed by atoms with Crippen LogP contribution in [0, 0.1) is 0 Å². The average Bonchev–Trinajstić information content (AvgIpc) is 2.71. The van der Waals surface area contributed by atoms with Crippen molar-refractivity contribution in [2.24, 2.45) is 0 Å². The predicted octanol–water partition coefficient (Wildman–Crippen LogP) is 1.08. The summed E-state index contributed by atoms with van der Waals surface area (Å²) in [5.74, 6) is 1.43. The molecule has 1 N–H and O–H groups in total. The Morgan fingerprint density at radius 3 is 2.93 bits per heavy atom. The van der Waals surface area contributed by atoms with E-state index in [2.05, 4.69) is 10.3 Å². The number of nitrogens with one attached hydrogen (secondary N) is 1. The highest BCUT2D eigenvalue weighted by molar-refractivity contribution is 7.84. The summed E-state index contributed by atoms with van der Waals surface area (Å²) >= 11 is 0. The maximum absolute atomic E-state index is 11.8. The normalized spacial score (nSPS) is 22.8. The Hall–Kier alpha value is -0.740. The van der Waals surface area contributed by atoms with E-state index >= 15 is 0 Å². The maximum Gasteiger partial charge on any atom is 0.0487 e. The molecule has 1 aliphatic heterocycles. The van der Waals surface area contributed by atoms with Gasteiger partial charge in [-0.25, -0.2) is 0 Å². The summed E-state index contributed by atoms with van der Waals surface area (Å²) in [6.07, 6.45) is 5.89. The predicted molar refractivity (Wildman–Crippen MR) is 62.0 cm³/mol. The van der Waals surface area contributed by atoms with Gasteiger partial charge >= 0.3 is 0 Å². The molecule has 1 fully saturated rings. The summed E-state index contributed by atoms with van der Waals surface area (Å²) in [6, 6.07) is 4.33. The zero-order valence-corrected chi connectivity index (χ0v) is 9.50. The van der Waals surface area contributed by atoms with Crippen molar-refractivity contribution in [2.45, 2.75) is 24.6 Å². The van der Waals surface area contributed by atoms with Crippen LogP contribution in [0.4, 0.5) is 0 Å². The van der Waals surface area contributed by atoms with Crippen LogP contribution in [-0.4, -0.2) is 27.5 Å². The largest absolute Gasteiger partial charge is 0.313 e. The van der Waals surface area contributed by atoms with Crippen LogP contribution in [0.2, 0.25) is 0 Å². The quantitative estimate of drug-likeness (QED) is 0.832. The second-order valence-corrected chi connectivity index (χ2v) is 5.40. The molecule has 2 heterocycles. The number of nitrogens with zero attached hydrogens (tertiary/aromatic N) is 1. The van der Waals surface area contributed by atoms with Crippen molar-refractivity contribution in [2.75, 3.05) is 12.3 Å². The summed E-state index contributed by atoms with van der Waals surface area (Å²) in [7, 11) is -0.751. The summed E-state index contributed by atoms with van der Waals surface area (Å²) < 4.78 is 11.8. The fourth-order valence-electron chi connectivity index (χ4n) is 1.85. The van der Waals surface area contributed by atoms with Gasteiger partial charge in [0.15, 0.2) is 0 Å². The van der Waals surface area contributed by atoms with Crippen LogP contribution in [0.15, 0.2) is 24.5 Å². The minimum absolute atomic E-state index is 0.465. The highest BCUT2D eigenvalue weighted by atomic mass is 32.2. The Morgan fingerprint density at radius 1 is 1.47 bits per heavy atom. The molecule has 15 heavy (non-hydrogen) atoms. The van der Waals surface area contributed by atoms with E-state index in [1.807, 2.05) is 12.1 Å². The van der Waals surface area contributed by atoms with Crippen molar-refractivity contribution in [1.29, 1.82) is 0 Å². The Balaban J connectivity index is 1.82. The number of aromatic nitrogens is 1. The minimum Gasteiger partial charge on any atom is -0.313 e. The molecular formula is C11H16N2OS. The van der Waals surface area contributed by atoms with Crippen molar-refractivity contribution in [3.05, 3.63) is 30.1 Å². The third kappa shape index (κ3) is 3.39. The molecule has 0 saturated carbocycles. The molecule has 1 aromatic rings. The maximum atomic E-state index is 11.8. The first-order chi connectivity index (χ1) is 7.34. The SMILES string of the molecule is O=[S@@](Cc1ccncc1)C[C@H]1CCCN1. The van der Waals surface area contributed by atoms with E-state index < -0.39 is 10.8 Å². The Labute approximate surface area is 92.8 Å². The number of rotatable bonds is 4. The summed E-state index contributed by atoms with van der Waals surface area (Å²) in [5, 5.41) is 3.37. The summed E-state index contributed by atoms with van der Waals surface area (Å²) in [6.45, 7) is 1.08. The lowest BCUT2D eigenvalue weighted by molar-refractivity contribution is 0.643. The smallest absolute Gasteiger partial charge is 0.0487 e. The van der Waals surface area contributed by atoms with Crippen LogP contribution in [0.3, 0.4) is 0 Å². The van der Waals surface area contributed by atoms with Crippen molar-refractivity contribution >= 4 is 10.8 Å². The van der Waals surface area contributed by atoms with Crippen LogP contribution >= 0.6 is 0 Å². The summed E-state index contributed by atoms with van der Waals surface area (Å²) in [4.78, 5) is 3.94. The fourth-order valence-corrected chi connectivity index (χ4v) is 3.26. The lowest BCUT2D eigenvalue weighted by Gasteiger charge is -2.09. The molecule has 2 rings (SSSR count). The van der Waals surface area contributed by atoms with Gasteiger partial charge in [-0.15, -0.1) is 0 Å². The molecule has 82 valence electrons. The molecule has 0 aromatic carbocycles. The van der Waals surface area contributed by atoms with Gasteiger partial charge in [0.05, 0.1) is 0 Å². The van der Waals surface area contributed by atoms with E-state index in [0.717, 1.165) is 17.9 Å². The van der Waals surface area contributed by atoms with E-state index in [-0.39, 0.29) is 0 Å². The first kappa shape index (κ1) is 10.8. The van der Waals surface area contributed by atoms with Crippen LogP contribution in [0.25, 0.3) is 0 Å². The molecular weight excluding hydrogens is 208 g/mol. The number of hydrogen-bond donors (Lipinski definition) is 1. The number of pyridine rings is 1. The lowest BCUT2D eigenvalue weighted by Crippen LogP contribution is -2.27.